The van der Waals surface area contributed by atoms with E-state index in [0.29, 0.717) is 24.2 Å². The van der Waals surface area contributed by atoms with Crippen molar-refractivity contribution in [3.8, 4) is 5.88 Å². The predicted octanol–water partition coefficient (Wildman–Crippen LogP) is 3.69. The summed E-state index contributed by atoms with van der Waals surface area (Å²) in [7, 11) is 0. The van der Waals surface area contributed by atoms with Gasteiger partial charge in [-0.15, -0.1) is 0 Å². The SMILES string of the molecule is CCOC(=O)[C@@]12CC1/C=C\CCCCC[C@@H](NC(C)(C)C)C(=O)N1C[C@H](Oc3cnc4ccccc4n3)C[C@H]1C(=O)N2. The number of para-hydroxylation sites is 2. The summed E-state index contributed by atoms with van der Waals surface area (Å²) in [4.78, 5) is 51.9. The van der Waals surface area contributed by atoms with E-state index in [9.17, 15) is 14.4 Å². The van der Waals surface area contributed by atoms with Gasteiger partial charge in [-0.2, -0.15) is 0 Å². The zero-order valence-electron chi connectivity index (χ0n) is 25.1. The molecule has 1 saturated heterocycles. The highest BCUT2D eigenvalue weighted by atomic mass is 16.5. The lowest BCUT2D eigenvalue weighted by Gasteiger charge is -2.33. The Hall–Kier alpha value is -3.53. The van der Waals surface area contributed by atoms with Gasteiger partial charge in [0.05, 0.1) is 36.4 Å². The second-order valence-corrected chi connectivity index (χ2v) is 12.7. The zero-order chi connectivity index (χ0) is 29.9. The van der Waals surface area contributed by atoms with Gasteiger partial charge in [-0.3, -0.25) is 9.59 Å². The number of hydrogen-bond donors (Lipinski definition) is 2. The van der Waals surface area contributed by atoms with Crippen molar-refractivity contribution in [1.82, 2.24) is 25.5 Å². The number of nitrogens with one attached hydrogen (secondary N) is 2. The molecule has 1 saturated carbocycles. The number of fused-ring (bicyclic) bond motifs is 3. The van der Waals surface area contributed by atoms with Crippen molar-refractivity contribution >= 4 is 28.8 Å². The minimum absolute atomic E-state index is 0.133. The minimum Gasteiger partial charge on any atom is -0.471 e. The van der Waals surface area contributed by atoms with Gasteiger partial charge < -0.3 is 25.0 Å². The first-order valence-electron chi connectivity index (χ1n) is 15.2. The molecule has 2 aliphatic heterocycles. The molecule has 10 nitrogen and oxygen atoms in total. The standard InChI is InChI=1S/C32H43N5O5/c1-5-41-30(40)32-18-21(32)13-9-7-6-8-10-16-25(35-31(2,3)4)29(39)37-20-22(17-26(37)28(38)36-32)42-27-19-33-23-14-11-12-15-24(23)34-27/h9,11-15,19,21-22,25-26,35H,5-8,10,16-18,20H2,1-4H3,(H,36,38)/b13-9-/t21?,22-,25-,26+,32-/m1/s1. The lowest BCUT2D eigenvalue weighted by molar-refractivity contribution is -0.150. The number of rotatable bonds is 5. The molecule has 5 atom stereocenters. The Kier molecular flexibility index (Phi) is 8.82. The minimum atomic E-state index is -1.11. The van der Waals surface area contributed by atoms with Crippen molar-refractivity contribution in [3.05, 3.63) is 42.6 Å². The molecule has 42 heavy (non-hydrogen) atoms. The van der Waals surface area contributed by atoms with Gasteiger partial charge in [-0.25, -0.2) is 14.8 Å². The normalized spacial score (nSPS) is 29.5. The number of aromatic nitrogens is 2. The van der Waals surface area contributed by atoms with E-state index >= 15 is 0 Å². The van der Waals surface area contributed by atoms with Crippen LogP contribution >= 0.6 is 0 Å². The topological polar surface area (TPSA) is 123 Å². The van der Waals surface area contributed by atoms with Crippen LogP contribution in [-0.4, -0.2) is 75.1 Å². The Morgan fingerprint density at radius 3 is 2.71 bits per heavy atom. The molecule has 0 bridgehead atoms. The maximum Gasteiger partial charge on any atom is 0.332 e. The summed E-state index contributed by atoms with van der Waals surface area (Å²) in [5.74, 6) is -0.723. The number of allylic oxidation sites excluding steroid dienone is 1. The molecule has 1 aliphatic carbocycles. The summed E-state index contributed by atoms with van der Waals surface area (Å²) in [6, 6.07) is 6.27. The molecule has 2 amide bonds. The second-order valence-electron chi connectivity index (χ2n) is 12.7. The quantitative estimate of drug-likeness (QED) is 0.408. The van der Waals surface area contributed by atoms with Crippen LogP contribution in [0.1, 0.15) is 72.6 Å². The van der Waals surface area contributed by atoms with Gasteiger partial charge in [-0.1, -0.05) is 37.1 Å². The fourth-order valence-electron chi connectivity index (χ4n) is 6.08. The number of nitrogens with zero attached hydrogens (tertiary/aromatic N) is 3. The van der Waals surface area contributed by atoms with Crippen molar-refractivity contribution < 1.29 is 23.9 Å². The van der Waals surface area contributed by atoms with E-state index in [4.69, 9.17) is 9.47 Å². The van der Waals surface area contributed by atoms with Crippen LogP contribution in [0.2, 0.25) is 0 Å². The summed E-state index contributed by atoms with van der Waals surface area (Å²) < 4.78 is 11.6. The lowest BCUT2D eigenvalue weighted by atomic mass is 10.0. The summed E-state index contributed by atoms with van der Waals surface area (Å²) in [6.45, 7) is 8.32. The van der Waals surface area contributed by atoms with E-state index in [1.807, 2.05) is 51.1 Å². The molecule has 2 fully saturated rings. The zero-order valence-corrected chi connectivity index (χ0v) is 25.1. The van der Waals surface area contributed by atoms with Gasteiger partial charge in [0.15, 0.2) is 0 Å². The number of ether oxygens (including phenoxy) is 2. The summed E-state index contributed by atoms with van der Waals surface area (Å²) >= 11 is 0. The molecule has 1 aromatic heterocycles. The average Bonchev–Trinajstić information content (AvgIpc) is 3.48. The van der Waals surface area contributed by atoms with E-state index < -0.39 is 29.7 Å². The van der Waals surface area contributed by atoms with Crippen LogP contribution < -0.4 is 15.4 Å². The monoisotopic (exact) mass is 577 g/mol. The molecule has 226 valence electrons. The van der Waals surface area contributed by atoms with Gasteiger partial charge in [0.25, 0.3) is 0 Å². The molecule has 0 spiro atoms. The van der Waals surface area contributed by atoms with Gasteiger partial charge in [0.2, 0.25) is 17.7 Å². The van der Waals surface area contributed by atoms with Gasteiger partial charge in [0, 0.05) is 17.9 Å². The first-order chi connectivity index (χ1) is 20.1. The van der Waals surface area contributed by atoms with E-state index in [0.717, 1.165) is 31.2 Å². The lowest BCUT2D eigenvalue weighted by Crippen LogP contribution is -2.57. The van der Waals surface area contributed by atoms with Crippen molar-refractivity contribution in [3.63, 3.8) is 0 Å². The van der Waals surface area contributed by atoms with Crippen molar-refractivity contribution in [2.45, 2.75) is 102 Å². The van der Waals surface area contributed by atoms with Crippen LogP contribution in [0.15, 0.2) is 42.6 Å². The highest BCUT2D eigenvalue weighted by molar-refractivity contribution is 5.96. The summed E-state index contributed by atoms with van der Waals surface area (Å²) in [6.07, 6.45) is 10.4. The molecular formula is C32H43N5O5. The Bertz CT molecular complexity index is 1340. The van der Waals surface area contributed by atoms with Crippen LogP contribution in [-0.2, 0) is 19.1 Å². The van der Waals surface area contributed by atoms with Crippen LogP contribution in [0.3, 0.4) is 0 Å². The average molecular weight is 578 g/mol. The van der Waals surface area contributed by atoms with Crippen LogP contribution in [0, 0.1) is 5.92 Å². The molecule has 10 heteroatoms. The van der Waals surface area contributed by atoms with Crippen LogP contribution in [0.5, 0.6) is 5.88 Å². The summed E-state index contributed by atoms with van der Waals surface area (Å²) in [5, 5.41) is 6.52. The first kappa shape index (κ1) is 29.9. The number of esters is 1. The molecule has 2 N–H and O–H groups in total. The second kappa shape index (κ2) is 12.4. The third kappa shape index (κ3) is 6.75. The molecular weight excluding hydrogens is 534 g/mol. The maximum absolute atomic E-state index is 14.2. The molecule has 2 aromatic rings. The van der Waals surface area contributed by atoms with Crippen molar-refractivity contribution in [1.29, 1.82) is 0 Å². The number of hydrogen-bond acceptors (Lipinski definition) is 8. The highest BCUT2D eigenvalue weighted by Crippen LogP contribution is 2.46. The Morgan fingerprint density at radius 1 is 1.17 bits per heavy atom. The first-order valence-corrected chi connectivity index (χ1v) is 15.2. The molecule has 3 aliphatic rings. The molecule has 1 aromatic carbocycles. The fraction of sp³-hybridized carbons (Fsp3) is 0.594. The van der Waals surface area contributed by atoms with Gasteiger partial charge in [-0.05, 0) is 65.5 Å². The van der Waals surface area contributed by atoms with Gasteiger partial charge in [0.1, 0.15) is 17.7 Å². The largest absolute Gasteiger partial charge is 0.471 e. The number of amides is 2. The van der Waals surface area contributed by atoms with E-state index in [-0.39, 0.29) is 42.8 Å². The Labute approximate surface area is 247 Å². The predicted molar refractivity (Wildman–Crippen MR) is 159 cm³/mol. The van der Waals surface area contributed by atoms with Crippen LogP contribution in [0.4, 0.5) is 0 Å². The third-order valence-electron chi connectivity index (χ3n) is 8.20. The van der Waals surface area contributed by atoms with E-state index in [1.54, 1.807) is 18.0 Å². The molecule has 0 radical (unpaired) electrons. The molecule has 3 heterocycles. The number of carbonyl (C=O) groups excluding carboxylic acids is 3. The van der Waals surface area contributed by atoms with E-state index in [2.05, 4.69) is 26.7 Å². The number of carbonyl (C=O) groups is 3. The summed E-state index contributed by atoms with van der Waals surface area (Å²) in [5.41, 5.74) is 0.0572. The van der Waals surface area contributed by atoms with E-state index in [1.165, 1.54) is 0 Å². The Morgan fingerprint density at radius 2 is 1.95 bits per heavy atom. The fourth-order valence-corrected chi connectivity index (χ4v) is 6.08. The molecule has 5 rings (SSSR count). The highest BCUT2D eigenvalue weighted by Gasteiger charge is 2.62. The number of benzene rings is 1. The smallest absolute Gasteiger partial charge is 0.332 e. The van der Waals surface area contributed by atoms with Crippen LogP contribution in [0.25, 0.3) is 11.0 Å². The Balaban J connectivity index is 1.43. The van der Waals surface area contributed by atoms with Crippen molar-refractivity contribution in [2.75, 3.05) is 13.2 Å². The van der Waals surface area contributed by atoms with Crippen molar-refractivity contribution in [2.24, 2.45) is 5.92 Å². The maximum atomic E-state index is 14.2. The van der Waals surface area contributed by atoms with Gasteiger partial charge >= 0.3 is 5.97 Å². The molecule has 1 unspecified atom stereocenters. The third-order valence-corrected chi connectivity index (χ3v) is 8.20.